The highest BCUT2D eigenvalue weighted by atomic mass is 19.3. The zero-order valence-electron chi connectivity index (χ0n) is 19.4. The number of hydrogen-bond acceptors (Lipinski definition) is 4. The van der Waals surface area contributed by atoms with E-state index in [-0.39, 0.29) is 23.7 Å². The number of carbonyl (C=O) groups is 1. The molecule has 1 unspecified atom stereocenters. The summed E-state index contributed by atoms with van der Waals surface area (Å²) in [6, 6.07) is 4.63. The van der Waals surface area contributed by atoms with E-state index in [1.54, 1.807) is 37.1 Å². The minimum Gasteiger partial charge on any atom is -0.462 e. The molecule has 3 aromatic rings. The fraction of sp³-hybridized carbons (Fsp3) is 0.400. The number of halogens is 2. The molecule has 0 N–H and O–H groups in total. The van der Waals surface area contributed by atoms with E-state index in [1.807, 2.05) is 11.5 Å². The van der Waals surface area contributed by atoms with Crippen molar-refractivity contribution in [2.75, 3.05) is 6.61 Å². The van der Waals surface area contributed by atoms with Crippen molar-refractivity contribution in [1.82, 2.24) is 14.3 Å². The smallest absolute Gasteiger partial charge is 0.343 e. The zero-order valence-corrected chi connectivity index (χ0v) is 19.4. The first-order valence-corrected chi connectivity index (χ1v) is 11.0. The van der Waals surface area contributed by atoms with Gasteiger partial charge < -0.3 is 9.30 Å². The Hall–Kier alpha value is -3.29. The number of pyridine rings is 1. The number of esters is 1. The molecule has 0 saturated carbocycles. The maximum absolute atomic E-state index is 14.1. The van der Waals surface area contributed by atoms with Gasteiger partial charge in [-0.3, -0.25) is 9.48 Å². The molecule has 1 aliphatic heterocycles. The normalized spacial score (nSPS) is 17.2. The van der Waals surface area contributed by atoms with E-state index in [4.69, 9.17) is 4.74 Å². The van der Waals surface area contributed by atoms with Gasteiger partial charge in [0.05, 0.1) is 18.5 Å². The molecule has 33 heavy (non-hydrogen) atoms. The summed E-state index contributed by atoms with van der Waals surface area (Å²) in [5.41, 5.74) is 1.85. The molecule has 0 amide bonds. The Balaban J connectivity index is 2.01. The predicted octanol–water partition coefficient (Wildman–Crippen LogP) is 4.96. The third-order valence-electron chi connectivity index (χ3n) is 6.69. The Kier molecular flexibility index (Phi) is 5.72. The van der Waals surface area contributed by atoms with Crippen molar-refractivity contribution >= 4 is 5.97 Å². The van der Waals surface area contributed by atoms with Gasteiger partial charge in [-0.25, -0.2) is 13.6 Å². The van der Waals surface area contributed by atoms with Crippen LogP contribution in [0.4, 0.5) is 8.78 Å². The van der Waals surface area contributed by atoms with Crippen LogP contribution in [0.25, 0.3) is 22.4 Å². The summed E-state index contributed by atoms with van der Waals surface area (Å²) in [7, 11) is 1.74. The van der Waals surface area contributed by atoms with Crippen molar-refractivity contribution in [3.05, 3.63) is 63.7 Å². The van der Waals surface area contributed by atoms with Crippen LogP contribution in [-0.4, -0.2) is 26.9 Å². The lowest BCUT2D eigenvalue weighted by atomic mass is 9.76. The molecule has 0 radical (unpaired) electrons. The Morgan fingerprint density at radius 3 is 2.52 bits per heavy atom. The van der Waals surface area contributed by atoms with Crippen LogP contribution in [0.15, 0.2) is 41.6 Å². The van der Waals surface area contributed by atoms with Gasteiger partial charge in [0, 0.05) is 47.7 Å². The summed E-state index contributed by atoms with van der Waals surface area (Å²) in [5.74, 6) is -0.562. The SMILES string of the molecule is CCOC(=O)c1cn2c(cc1=O)-c1cc(C(F)F)c(-c3cnn(C)c3)cc1CC2(C)C(C)C. The van der Waals surface area contributed by atoms with Crippen LogP contribution < -0.4 is 5.43 Å². The first-order valence-electron chi connectivity index (χ1n) is 11.0. The van der Waals surface area contributed by atoms with E-state index in [0.29, 0.717) is 28.8 Å². The lowest BCUT2D eigenvalue weighted by Crippen LogP contribution is -2.42. The predicted molar refractivity (Wildman–Crippen MR) is 121 cm³/mol. The van der Waals surface area contributed by atoms with E-state index in [0.717, 1.165) is 5.56 Å². The maximum Gasteiger partial charge on any atom is 0.343 e. The van der Waals surface area contributed by atoms with E-state index in [1.165, 1.54) is 18.3 Å². The molecule has 174 valence electrons. The Morgan fingerprint density at radius 1 is 1.21 bits per heavy atom. The standard InChI is InChI=1S/C25H27F2N3O3/c1-6-33-24(32)20-13-30-21(9-22(20)31)18-8-19(23(26)27)17(16-11-28-29(5)12-16)7-15(18)10-25(30,4)14(2)3/h7-9,11-14,23H,6,10H2,1-5H3. The second kappa shape index (κ2) is 8.24. The number of nitrogens with zero attached hydrogens (tertiary/aromatic N) is 3. The van der Waals surface area contributed by atoms with Crippen molar-refractivity contribution < 1.29 is 18.3 Å². The highest BCUT2D eigenvalue weighted by Crippen LogP contribution is 2.45. The van der Waals surface area contributed by atoms with Gasteiger partial charge in [0.25, 0.3) is 6.43 Å². The molecular weight excluding hydrogens is 428 g/mol. The monoisotopic (exact) mass is 455 g/mol. The number of aryl methyl sites for hydroxylation is 1. The fourth-order valence-electron chi connectivity index (χ4n) is 4.52. The van der Waals surface area contributed by atoms with Gasteiger partial charge in [-0.15, -0.1) is 0 Å². The van der Waals surface area contributed by atoms with Crippen molar-refractivity contribution in [3.8, 4) is 22.4 Å². The number of benzene rings is 1. The van der Waals surface area contributed by atoms with Crippen LogP contribution >= 0.6 is 0 Å². The summed E-state index contributed by atoms with van der Waals surface area (Å²) in [6.45, 7) is 8.00. The second-order valence-electron chi connectivity index (χ2n) is 9.02. The summed E-state index contributed by atoms with van der Waals surface area (Å²) in [5, 5.41) is 4.13. The summed E-state index contributed by atoms with van der Waals surface area (Å²) in [4.78, 5) is 25.2. The molecule has 0 spiro atoms. The van der Waals surface area contributed by atoms with E-state index in [9.17, 15) is 18.4 Å². The molecule has 1 aliphatic rings. The highest BCUT2D eigenvalue weighted by molar-refractivity contribution is 5.89. The minimum atomic E-state index is -2.71. The van der Waals surface area contributed by atoms with Crippen LogP contribution in [0.5, 0.6) is 0 Å². The molecule has 8 heteroatoms. The van der Waals surface area contributed by atoms with E-state index < -0.39 is 23.4 Å². The highest BCUT2D eigenvalue weighted by Gasteiger charge is 2.38. The molecule has 1 atom stereocenters. The quantitative estimate of drug-likeness (QED) is 0.510. The van der Waals surface area contributed by atoms with Crippen LogP contribution in [0, 0.1) is 5.92 Å². The van der Waals surface area contributed by atoms with Crippen LogP contribution in [0.2, 0.25) is 0 Å². The van der Waals surface area contributed by atoms with Gasteiger partial charge in [0.15, 0.2) is 5.43 Å². The molecule has 0 saturated heterocycles. The van der Waals surface area contributed by atoms with E-state index in [2.05, 4.69) is 18.9 Å². The number of alkyl halides is 2. The van der Waals surface area contributed by atoms with Crippen LogP contribution in [0.3, 0.4) is 0 Å². The Bertz CT molecular complexity index is 1290. The average molecular weight is 456 g/mol. The number of ether oxygens (including phenoxy) is 1. The van der Waals surface area contributed by atoms with Gasteiger partial charge in [-0.1, -0.05) is 13.8 Å². The summed E-state index contributed by atoms with van der Waals surface area (Å²) >= 11 is 0. The number of carbonyl (C=O) groups excluding carboxylic acids is 1. The molecule has 0 aliphatic carbocycles. The molecule has 3 heterocycles. The third-order valence-corrected chi connectivity index (χ3v) is 6.69. The van der Waals surface area contributed by atoms with Gasteiger partial charge in [0.2, 0.25) is 0 Å². The largest absolute Gasteiger partial charge is 0.462 e. The van der Waals surface area contributed by atoms with Crippen molar-refractivity contribution in [1.29, 1.82) is 0 Å². The Morgan fingerprint density at radius 2 is 1.94 bits per heavy atom. The lowest BCUT2D eigenvalue weighted by Gasteiger charge is -2.43. The average Bonchev–Trinajstić information content (AvgIpc) is 3.18. The van der Waals surface area contributed by atoms with Crippen LogP contribution in [-0.2, 0) is 23.7 Å². The first-order chi connectivity index (χ1) is 15.6. The molecule has 0 bridgehead atoms. The Labute approximate surface area is 190 Å². The van der Waals surface area contributed by atoms with Gasteiger partial charge in [0.1, 0.15) is 5.56 Å². The molecule has 4 rings (SSSR count). The molecule has 6 nitrogen and oxygen atoms in total. The maximum atomic E-state index is 14.1. The summed E-state index contributed by atoms with van der Waals surface area (Å²) < 4.78 is 36.8. The molecule has 1 aromatic carbocycles. The molecule has 0 fully saturated rings. The molecular formula is C25H27F2N3O3. The lowest BCUT2D eigenvalue weighted by molar-refractivity contribution is 0.0522. The van der Waals surface area contributed by atoms with E-state index >= 15 is 0 Å². The van der Waals surface area contributed by atoms with Crippen molar-refractivity contribution in [2.24, 2.45) is 13.0 Å². The van der Waals surface area contributed by atoms with Crippen molar-refractivity contribution in [3.63, 3.8) is 0 Å². The van der Waals surface area contributed by atoms with Gasteiger partial charge >= 0.3 is 5.97 Å². The zero-order chi connectivity index (χ0) is 24.1. The molecule has 2 aromatic heterocycles. The van der Waals surface area contributed by atoms with Gasteiger partial charge in [-0.05, 0) is 49.4 Å². The number of rotatable bonds is 5. The number of aromatic nitrogens is 3. The second-order valence-corrected chi connectivity index (χ2v) is 9.02. The number of hydrogen-bond donors (Lipinski definition) is 0. The number of fused-ring (bicyclic) bond motifs is 3. The summed E-state index contributed by atoms with van der Waals surface area (Å²) in [6.07, 6.45) is 2.65. The van der Waals surface area contributed by atoms with Gasteiger partial charge in [-0.2, -0.15) is 5.10 Å². The topological polar surface area (TPSA) is 66.1 Å². The fourth-order valence-corrected chi connectivity index (χ4v) is 4.52. The van der Waals surface area contributed by atoms with Crippen molar-refractivity contribution in [2.45, 2.75) is 46.1 Å². The van der Waals surface area contributed by atoms with Crippen LogP contribution in [0.1, 0.15) is 55.6 Å². The first kappa shape index (κ1) is 22.9. The minimum absolute atomic E-state index is 0.0583. The third kappa shape index (κ3) is 3.77.